The predicted octanol–water partition coefficient (Wildman–Crippen LogP) is 6.42. The summed E-state index contributed by atoms with van der Waals surface area (Å²) in [4.78, 5) is 0. The molecule has 3 aromatic rings. The smallest absolute Gasteiger partial charge is 0.119 e. The standard InChI is InChI=1S/C33H43N3O3/c1-32-17-15-28-27-14-12-26(38-2)21-25(27)11-13-29(28)30(32)16-18-33(32,37)31-22-36(35-34-31)19-7-4-8-20-39-23-24-9-5-3-6-10-24/h3,5-6,9-10,12,14,21-22,28-30,37H,4,7-8,11,13,15-20,23H2,1-2H3/t28-,29-,30+,32+,33-/m1/s1/i3D. The van der Waals surface area contributed by atoms with Crippen molar-refractivity contribution in [2.45, 2.75) is 89.4 Å². The van der Waals surface area contributed by atoms with Crippen LogP contribution in [0, 0.1) is 17.3 Å². The average Bonchev–Trinajstić information content (AvgIpc) is 3.56. The van der Waals surface area contributed by atoms with Crippen LogP contribution < -0.4 is 4.74 Å². The maximum atomic E-state index is 12.2. The Bertz CT molecular complexity index is 1310. The quantitative estimate of drug-likeness (QED) is 0.307. The molecule has 5 atom stereocenters. The molecule has 0 spiro atoms. The van der Waals surface area contributed by atoms with Gasteiger partial charge in [0.25, 0.3) is 0 Å². The first-order valence-electron chi connectivity index (χ1n) is 15.3. The van der Waals surface area contributed by atoms with Gasteiger partial charge in [0.2, 0.25) is 0 Å². The summed E-state index contributed by atoms with van der Waals surface area (Å²) >= 11 is 0. The molecule has 3 aliphatic carbocycles. The number of aromatic nitrogens is 3. The molecule has 0 aliphatic heterocycles. The van der Waals surface area contributed by atoms with E-state index in [0.717, 1.165) is 81.5 Å². The SMILES string of the molecule is [2H]c1ccc(COCCCCCn2cc([C@]3(O)CC[C@H]4[C@@H]5CCc6cc(OC)ccc6[C@H]5CC[C@@]43C)nn2)cc1. The normalized spacial score (nSPS) is 29.8. The van der Waals surface area contributed by atoms with Crippen molar-refractivity contribution in [2.75, 3.05) is 13.7 Å². The van der Waals surface area contributed by atoms with Gasteiger partial charge < -0.3 is 14.6 Å². The number of hydrogen-bond acceptors (Lipinski definition) is 5. The molecule has 6 nitrogen and oxygen atoms in total. The molecule has 6 rings (SSSR count). The highest BCUT2D eigenvalue weighted by Crippen LogP contribution is 2.66. The fourth-order valence-corrected chi connectivity index (χ4v) is 8.08. The highest BCUT2D eigenvalue weighted by Gasteiger charge is 2.63. The van der Waals surface area contributed by atoms with Crippen molar-refractivity contribution in [1.29, 1.82) is 0 Å². The first kappa shape index (κ1) is 25.3. The Morgan fingerprint density at radius 3 is 2.82 bits per heavy atom. The van der Waals surface area contributed by atoms with E-state index >= 15 is 0 Å². The molecule has 0 radical (unpaired) electrons. The zero-order valence-electron chi connectivity index (χ0n) is 24.4. The van der Waals surface area contributed by atoms with Gasteiger partial charge in [-0.15, -0.1) is 5.10 Å². The molecule has 2 saturated carbocycles. The largest absolute Gasteiger partial charge is 0.497 e. The summed E-state index contributed by atoms with van der Waals surface area (Å²) < 4.78 is 20.8. The summed E-state index contributed by atoms with van der Waals surface area (Å²) in [5.74, 6) is 2.65. The van der Waals surface area contributed by atoms with Crippen LogP contribution in [0.15, 0.2) is 54.7 Å². The van der Waals surface area contributed by atoms with Crippen LogP contribution >= 0.6 is 0 Å². The predicted molar refractivity (Wildman–Crippen MR) is 151 cm³/mol. The summed E-state index contributed by atoms with van der Waals surface area (Å²) in [5.41, 5.74) is 3.75. The lowest BCUT2D eigenvalue weighted by Gasteiger charge is -2.52. The number of rotatable bonds is 10. The Labute approximate surface area is 234 Å². The molecular formula is C33H43N3O3. The van der Waals surface area contributed by atoms with Gasteiger partial charge in [0.15, 0.2) is 0 Å². The third-order valence-electron chi connectivity index (χ3n) is 10.3. The number of nitrogens with zero attached hydrogens (tertiary/aromatic N) is 3. The van der Waals surface area contributed by atoms with Crippen LogP contribution in [-0.2, 0) is 29.9 Å². The van der Waals surface area contributed by atoms with Crippen molar-refractivity contribution in [3.8, 4) is 5.75 Å². The summed E-state index contributed by atoms with van der Waals surface area (Å²) in [6.07, 6.45) is 11.3. The highest BCUT2D eigenvalue weighted by atomic mass is 16.5. The van der Waals surface area contributed by atoms with Gasteiger partial charge in [0.05, 0.1) is 21.3 Å². The molecule has 1 N–H and O–H groups in total. The van der Waals surface area contributed by atoms with Gasteiger partial charge in [-0.2, -0.15) is 0 Å². The van der Waals surface area contributed by atoms with Crippen LogP contribution in [0.1, 0.15) is 88.0 Å². The zero-order chi connectivity index (χ0) is 27.7. The number of aliphatic hydroxyl groups is 1. The molecule has 1 heterocycles. The van der Waals surface area contributed by atoms with Crippen molar-refractivity contribution in [3.63, 3.8) is 0 Å². The Morgan fingerprint density at radius 1 is 1.10 bits per heavy atom. The fourth-order valence-electron chi connectivity index (χ4n) is 8.08. The summed E-state index contributed by atoms with van der Waals surface area (Å²) in [5, 5.41) is 21.2. The number of benzene rings is 2. The molecular weight excluding hydrogens is 486 g/mol. The molecule has 6 heteroatoms. The number of methoxy groups -OCH3 is 1. The first-order chi connectivity index (χ1) is 19.4. The van der Waals surface area contributed by atoms with E-state index in [0.29, 0.717) is 30.4 Å². The monoisotopic (exact) mass is 530 g/mol. The van der Waals surface area contributed by atoms with Gasteiger partial charge in [0.1, 0.15) is 17.0 Å². The van der Waals surface area contributed by atoms with E-state index < -0.39 is 5.60 Å². The number of ether oxygens (including phenoxy) is 2. The lowest BCUT2D eigenvalue weighted by atomic mass is 9.53. The Hall–Kier alpha value is -2.70. The minimum Gasteiger partial charge on any atom is -0.497 e. The molecule has 0 bridgehead atoms. The van der Waals surface area contributed by atoms with Crippen LogP contribution in [0.4, 0.5) is 0 Å². The lowest BCUT2D eigenvalue weighted by Crippen LogP contribution is -2.49. The van der Waals surface area contributed by atoms with Crippen LogP contribution in [0.2, 0.25) is 0 Å². The van der Waals surface area contributed by atoms with Crippen LogP contribution in [0.5, 0.6) is 5.75 Å². The minimum atomic E-state index is -0.910. The van der Waals surface area contributed by atoms with Gasteiger partial charge in [-0.05, 0) is 104 Å². The van der Waals surface area contributed by atoms with Crippen molar-refractivity contribution >= 4 is 0 Å². The third-order valence-corrected chi connectivity index (χ3v) is 10.3. The zero-order valence-corrected chi connectivity index (χ0v) is 23.4. The van der Waals surface area contributed by atoms with E-state index in [2.05, 4.69) is 35.4 Å². The molecule has 0 amide bonds. The van der Waals surface area contributed by atoms with Crippen LogP contribution in [0.3, 0.4) is 0 Å². The fraction of sp³-hybridized carbons (Fsp3) is 0.576. The van der Waals surface area contributed by atoms with Crippen LogP contribution in [0.25, 0.3) is 0 Å². The maximum Gasteiger partial charge on any atom is 0.119 e. The summed E-state index contributed by atoms with van der Waals surface area (Å²) in [6.45, 7) is 4.45. The lowest BCUT2D eigenvalue weighted by molar-refractivity contribution is -0.111. The molecule has 1 aromatic heterocycles. The number of fused-ring (bicyclic) bond motifs is 5. The number of unbranched alkanes of at least 4 members (excludes halogenated alkanes) is 2. The second-order valence-corrected chi connectivity index (χ2v) is 12.2. The molecule has 39 heavy (non-hydrogen) atoms. The van der Waals surface area contributed by atoms with Gasteiger partial charge in [-0.3, -0.25) is 4.68 Å². The second-order valence-electron chi connectivity index (χ2n) is 12.2. The molecule has 0 unspecified atom stereocenters. The summed E-state index contributed by atoms with van der Waals surface area (Å²) in [7, 11) is 1.74. The van der Waals surface area contributed by atoms with E-state index in [1.54, 1.807) is 19.2 Å². The Kier molecular flexibility index (Phi) is 7.16. The van der Waals surface area contributed by atoms with Crippen molar-refractivity contribution in [1.82, 2.24) is 15.0 Å². The topological polar surface area (TPSA) is 69.4 Å². The van der Waals surface area contributed by atoms with Crippen molar-refractivity contribution in [2.24, 2.45) is 17.3 Å². The van der Waals surface area contributed by atoms with Gasteiger partial charge in [-0.25, -0.2) is 0 Å². The minimum absolute atomic E-state index is 0.169. The number of hydrogen-bond donors (Lipinski definition) is 1. The van der Waals surface area contributed by atoms with E-state index in [4.69, 9.17) is 10.8 Å². The molecule has 0 saturated heterocycles. The number of aryl methyl sites for hydroxylation is 2. The third kappa shape index (κ3) is 4.91. The second kappa shape index (κ2) is 11.1. The van der Waals surface area contributed by atoms with Gasteiger partial charge in [0, 0.05) is 18.6 Å². The van der Waals surface area contributed by atoms with Crippen molar-refractivity contribution in [3.05, 3.63) is 77.1 Å². The van der Waals surface area contributed by atoms with E-state index in [1.165, 1.54) is 17.5 Å². The Morgan fingerprint density at radius 2 is 1.97 bits per heavy atom. The molecule has 208 valence electrons. The maximum absolute atomic E-state index is 12.2. The van der Waals surface area contributed by atoms with E-state index in [-0.39, 0.29) is 5.41 Å². The molecule has 3 aliphatic rings. The highest BCUT2D eigenvalue weighted by molar-refractivity contribution is 5.41. The Balaban J connectivity index is 1.03. The van der Waals surface area contributed by atoms with Gasteiger partial charge >= 0.3 is 0 Å². The van der Waals surface area contributed by atoms with E-state index in [9.17, 15) is 5.11 Å². The van der Waals surface area contributed by atoms with Crippen molar-refractivity contribution < 1.29 is 16.0 Å². The van der Waals surface area contributed by atoms with E-state index in [1.807, 2.05) is 23.0 Å². The average molecular weight is 531 g/mol. The van der Waals surface area contributed by atoms with Gasteiger partial charge in [-0.1, -0.05) is 48.5 Å². The summed E-state index contributed by atoms with van der Waals surface area (Å²) in [6, 6.07) is 14.7. The molecule has 2 aromatic carbocycles. The molecule has 2 fully saturated rings. The first-order valence-corrected chi connectivity index (χ1v) is 14.8. The van der Waals surface area contributed by atoms with Crippen LogP contribution in [-0.4, -0.2) is 33.8 Å².